The van der Waals surface area contributed by atoms with Gasteiger partial charge in [0.1, 0.15) is 5.75 Å². The highest BCUT2D eigenvalue weighted by molar-refractivity contribution is 7.90. The number of hydrogen-bond donors (Lipinski definition) is 0. The number of aryl methyl sites for hydroxylation is 1. The molecule has 0 aliphatic heterocycles. The molecule has 0 aromatic heterocycles. The minimum atomic E-state index is -3.42. The highest BCUT2D eigenvalue weighted by atomic mass is 32.2. The lowest BCUT2D eigenvalue weighted by Crippen LogP contribution is -2.05. The normalized spacial score (nSPS) is 11.8. The van der Waals surface area contributed by atoms with Crippen LogP contribution in [0, 0.1) is 6.92 Å². The number of sulfone groups is 1. The fraction of sp³-hybridized carbons (Fsp3) is 0.333. The number of alkyl halides is 2. The molecule has 1 rings (SSSR count). The quantitative estimate of drug-likeness (QED) is 0.806. The zero-order valence-electron chi connectivity index (χ0n) is 8.20. The Morgan fingerprint density at radius 1 is 1.33 bits per heavy atom. The maximum atomic E-state index is 11.9. The first kappa shape index (κ1) is 11.9. The van der Waals surface area contributed by atoms with E-state index >= 15 is 0 Å². The van der Waals surface area contributed by atoms with Crippen LogP contribution in [-0.4, -0.2) is 21.3 Å². The Labute approximate surface area is 86.6 Å². The van der Waals surface area contributed by atoms with Crippen molar-refractivity contribution in [1.82, 2.24) is 0 Å². The molecule has 0 saturated carbocycles. The summed E-state index contributed by atoms with van der Waals surface area (Å²) >= 11 is 0. The zero-order valence-corrected chi connectivity index (χ0v) is 9.01. The molecule has 1 aromatic rings. The minimum Gasteiger partial charge on any atom is -0.435 e. The predicted octanol–water partition coefficient (Wildman–Crippen LogP) is 2.00. The van der Waals surface area contributed by atoms with Gasteiger partial charge in [-0.2, -0.15) is 8.78 Å². The monoisotopic (exact) mass is 236 g/mol. The average molecular weight is 236 g/mol. The third kappa shape index (κ3) is 3.16. The van der Waals surface area contributed by atoms with Gasteiger partial charge in [-0.05, 0) is 24.6 Å². The maximum Gasteiger partial charge on any atom is 0.387 e. The van der Waals surface area contributed by atoms with E-state index in [1.165, 1.54) is 12.1 Å². The third-order valence-corrected chi connectivity index (χ3v) is 3.02. The van der Waals surface area contributed by atoms with Crippen molar-refractivity contribution in [3.63, 3.8) is 0 Å². The Morgan fingerprint density at radius 2 is 1.93 bits per heavy atom. The summed E-state index contributed by atoms with van der Waals surface area (Å²) in [6.07, 6.45) is 1.02. The van der Waals surface area contributed by atoms with Crippen molar-refractivity contribution in [3.05, 3.63) is 23.8 Å². The number of ether oxygens (including phenoxy) is 1. The lowest BCUT2D eigenvalue weighted by molar-refractivity contribution is -0.0500. The molecular formula is C9H10F2O3S. The van der Waals surface area contributed by atoms with Crippen LogP contribution in [0.1, 0.15) is 5.56 Å². The second-order valence-electron chi connectivity index (χ2n) is 3.08. The number of rotatable bonds is 3. The van der Waals surface area contributed by atoms with E-state index in [-0.39, 0.29) is 10.6 Å². The molecule has 0 spiro atoms. The molecule has 0 N–H and O–H groups in total. The van der Waals surface area contributed by atoms with Crippen LogP contribution in [0.2, 0.25) is 0 Å². The van der Waals surface area contributed by atoms with Gasteiger partial charge in [-0.1, -0.05) is 6.07 Å². The van der Waals surface area contributed by atoms with Gasteiger partial charge in [0.05, 0.1) is 4.90 Å². The van der Waals surface area contributed by atoms with Gasteiger partial charge in [-0.25, -0.2) is 8.42 Å². The van der Waals surface area contributed by atoms with Crippen molar-refractivity contribution in [2.45, 2.75) is 18.4 Å². The Kier molecular flexibility index (Phi) is 3.28. The van der Waals surface area contributed by atoms with Crippen molar-refractivity contribution in [1.29, 1.82) is 0 Å². The van der Waals surface area contributed by atoms with E-state index < -0.39 is 16.4 Å². The molecule has 0 fully saturated rings. The van der Waals surface area contributed by atoms with Crippen LogP contribution in [0.4, 0.5) is 8.78 Å². The van der Waals surface area contributed by atoms with Gasteiger partial charge in [-0.15, -0.1) is 0 Å². The predicted molar refractivity (Wildman–Crippen MR) is 50.9 cm³/mol. The number of benzene rings is 1. The standard InChI is InChI=1S/C9H10F2O3S/c1-6-3-4-7(14-9(10)11)5-8(6)15(2,12)13/h3-5,9H,1-2H3. The summed E-state index contributed by atoms with van der Waals surface area (Å²) in [6, 6.07) is 3.82. The molecule has 6 heteroatoms. The van der Waals surface area contributed by atoms with Crippen LogP contribution in [0.5, 0.6) is 5.75 Å². The lowest BCUT2D eigenvalue weighted by Gasteiger charge is -2.08. The first-order valence-electron chi connectivity index (χ1n) is 4.06. The van der Waals surface area contributed by atoms with Crippen LogP contribution in [0.25, 0.3) is 0 Å². The van der Waals surface area contributed by atoms with Gasteiger partial charge in [0.25, 0.3) is 0 Å². The van der Waals surface area contributed by atoms with Crippen LogP contribution < -0.4 is 4.74 Å². The molecule has 0 radical (unpaired) electrons. The van der Waals surface area contributed by atoms with Crippen LogP contribution in [0.15, 0.2) is 23.1 Å². The molecular weight excluding hydrogens is 226 g/mol. The van der Waals surface area contributed by atoms with Gasteiger partial charge in [0.2, 0.25) is 0 Å². The van der Waals surface area contributed by atoms with E-state index in [0.717, 1.165) is 12.3 Å². The fourth-order valence-corrected chi connectivity index (χ4v) is 2.14. The summed E-state index contributed by atoms with van der Waals surface area (Å²) < 4.78 is 50.4. The Balaban J connectivity index is 3.18. The van der Waals surface area contributed by atoms with Crippen molar-refractivity contribution < 1.29 is 21.9 Å². The number of halogens is 2. The van der Waals surface area contributed by atoms with Gasteiger partial charge >= 0.3 is 6.61 Å². The summed E-state index contributed by atoms with van der Waals surface area (Å²) in [6.45, 7) is -1.37. The summed E-state index contributed by atoms with van der Waals surface area (Å²) in [7, 11) is -3.42. The smallest absolute Gasteiger partial charge is 0.387 e. The van der Waals surface area contributed by atoms with Crippen molar-refractivity contribution in [2.75, 3.05) is 6.26 Å². The van der Waals surface area contributed by atoms with Crippen LogP contribution in [0.3, 0.4) is 0 Å². The molecule has 1 aromatic carbocycles. The largest absolute Gasteiger partial charge is 0.435 e. The first-order chi connectivity index (χ1) is 6.80. The molecule has 15 heavy (non-hydrogen) atoms. The second-order valence-corrected chi connectivity index (χ2v) is 5.06. The summed E-state index contributed by atoms with van der Waals surface area (Å²) in [5.41, 5.74) is 0.499. The second kappa shape index (κ2) is 4.14. The van der Waals surface area contributed by atoms with E-state index in [9.17, 15) is 17.2 Å². The average Bonchev–Trinajstić information content (AvgIpc) is 2.05. The Bertz CT molecular complexity index is 454. The van der Waals surface area contributed by atoms with E-state index in [2.05, 4.69) is 4.74 Å². The first-order valence-corrected chi connectivity index (χ1v) is 5.95. The molecule has 3 nitrogen and oxygen atoms in total. The molecule has 0 bridgehead atoms. The molecule has 0 saturated heterocycles. The number of hydrogen-bond acceptors (Lipinski definition) is 3. The fourth-order valence-electron chi connectivity index (χ4n) is 1.16. The Morgan fingerprint density at radius 3 is 2.40 bits per heavy atom. The van der Waals surface area contributed by atoms with Crippen LogP contribution >= 0.6 is 0 Å². The van der Waals surface area contributed by atoms with Crippen molar-refractivity contribution in [2.24, 2.45) is 0 Å². The van der Waals surface area contributed by atoms with E-state index in [4.69, 9.17) is 0 Å². The highest BCUT2D eigenvalue weighted by Gasteiger charge is 2.13. The third-order valence-electron chi connectivity index (χ3n) is 1.78. The topological polar surface area (TPSA) is 43.4 Å². The zero-order chi connectivity index (χ0) is 11.6. The highest BCUT2D eigenvalue weighted by Crippen LogP contribution is 2.22. The molecule has 0 atom stereocenters. The SMILES string of the molecule is Cc1ccc(OC(F)F)cc1S(C)(=O)=O. The van der Waals surface area contributed by atoms with E-state index in [1.807, 2.05) is 0 Å². The maximum absolute atomic E-state index is 11.9. The van der Waals surface area contributed by atoms with E-state index in [1.54, 1.807) is 6.92 Å². The molecule has 84 valence electrons. The van der Waals surface area contributed by atoms with Crippen LogP contribution in [-0.2, 0) is 9.84 Å². The molecule has 0 amide bonds. The summed E-state index contributed by atoms with van der Waals surface area (Å²) in [5, 5.41) is 0. The Hall–Kier alpha value is -1.17. The van der Waals surface area contributed by atoms with E-state index in [0.29, 0.717) is 5.56 Å². The molecule has 0 unspecified atom stereocenters. The summed E-state index contributed by atoms with van der Waals surface area (Å²) in [4.78, 5) is 0.000602. The molecule has 0 heterocycles. The lowest BCUT2D eigenvalue weighted by atomic mass is 10.2. The molecule has 0 aliphatic rings. The summed E-state index contributed by atoms with van der Waals surface area (Å²) in [5.74, 6) is -0.156. The molecule has 0 aliphatic carbocycles. The van der Waals surface area contributed by atoms with Gasteiger partial charge in [-0.3, -0.25) is 0 Å². The van der Waals surface area contributed by atoms with Gasteiger partial charge in [0.15, 0.2) is 9.84 Å². The van der Waals surface area contributed by atoms with Gasteiger partial charge < -0.3 is 4.74 Å². The van der Waals surface area contributed by atoms with Gasteiger partial charge in [0, 0.05) is 6.26 Å². The van der Waals surface area contributed by atoms with Crippen molar-refractivity contribution in [3.8, 4) is 5.75 Å². The van der Waals surface area contributed by atoms with Crippen molar-refractivity contribution >= 4 is 9.84 Å². The minimum absolute atomic E-state index is 0.000602.